The summed E-state index contributed by atoms with van der Waals surface area (Å²) in [6, 6.07) is 16.0. The number of anilines is 1. The number of hydrogen-bond donors (Lipinski definition) is 1. The molecule has 22 heavy (non-hydrogen) atoms. The monoisotopic (exact) mass is 286 g/mol. The van der Waals surface area contributed by atoms with Gasteiger partial charge < -0.3 is 5.32 Å². The van der Waals surface area contributed by atoms with E-state index in [9.17, 15) is 0 Å². The fraction of sp³-hybridized carbons (Fsp3) is 0.211. The molecule has 0 saturated carbocycles. The summed E-state index contributed by atoms with van der Waals surface area (Å²) in [6.45, 7) is 4.39. The Balaban J connectivity index is 1.94. The van der Waals surface area contributed by atoms with Gasteiger partial charge in [-0.15, -0.1) is 0 Å². The fourth-order valence-corrected chi connectivity index (χ4v) is 2.68. The van der Waals surface area contributed by atoms with Crippen molar-refractivity contribution in [1.29, 1.82) is 0 Å². The Labute approximate surface area is 133 Å². The normalized spacial score (nSPS) is 16.5. The predicted molar refractivity (Wildman–Crippen MR) is 96.7 cm³/mol. The average Bonchev–Trinajstić information content (AvgIpc) is 2.59. The summed E-state index contributed by atoms with van der Waals surface area (Å²) >= 11 is 0. The molecule has 0 amide bonds. The Morgan fingerprint density at radius 1 is 1.09 bits per heavy atom. The molecule has 2 aromatic rings. The van der Waals surface area contributed by atoms with Crippen molar-refractivity contribution in [2.75, 3.05) is 5.32 Å². The van der Waals surface area contributed by atoms with E-state index in [0.717, 1.165) is 34.5 Å². The summed E-state index contributed by atoms with van der Waals surface area (Å²) in [7, 11) is 5.82. The largest absolute Gasteiger partial charge is 0.378 e. The van der Waals surface area contributed by atoms with Gasteiger partial charge in [0.1, 0.15) is 7.85 Å². The van der Waals surface area contributed by atoms with Gasteiger partial charge in [0.15, 0.2) is 0 Å². The second-order valence-electron chi connectivity index (χ2n) is 6.31. The third kappa shape index (κ3) is 3.48. The van der Waals surface area contributed by atoms with E-state index in [2.05, 4.69) is 37.4 Å². The fourth-order valence-electron chi connectivity index (χ4n) is 2.68. The van der Waals surface area contributed by atoms with Crippen molar-refractivity contribution >= 4 is 36.5 Å². The molecule has 1 heterocycles. The lowest BCUT2D eigenvalue weighted by atomic mass is 9.93. The average molecular weight is 286 g/mol. The van der Waals surface area contributed by atoms with Crippen LogP contribution in [0.15, 0.2) is 59.6 Å². The highest BCUT2D eigenvalue weighted by molar-refractivity contribution is 6.32. The van der Waals surface area contributed by atoms with Gasteiger partial charge in [0.2, 0.25) is 0 Å². The van der Waals surface area contributed by atoms with Crippen molar-refractivity contribution in [2.24, 2.45) is 4.99 Å². The molecule has 1 aliphatic rings. The molecule has 0 aliphatic carbocycles. The summed E-state index contributed by atoms with van der Waals surface area (Å²) in [5, 5.41) is 3.57. The number of fused-ring (bicyclic) bond motifs is 1. The summed E-state index contributed by atoms with van der Waals surface area (Å²) < 4.78 is 0. The second-order valence-corrected chi connectivity index (χ2v) is 6.31. The minimum atomic E-state index is -0.0362. The highest BCUT2D eigenvalue weighted by Crippen LogP contribution is 2.32. The first-order valence-electron chi connectivity index (χ1n) is 7.50. The van der Waals surface area contributed by atoms with Crippen LogP contribution in [0.4, 0.5) is 11.4 Å². The van der Waals surface area contributed by atoms with Gasteiger partial charge in [-0.05, 0) is 37.6 Å². The van der Waals surface area contributed by atoms with Crippen molar-refractivity contribution < 1.29 is 0 Å². The highest BCUT2D eigenvalue weighted by atomic mass is 15.0. The minimum Gasteiger partial charge on any atom is -0.378 e. The number of aliphatic imine (C=N–C) groups is 1. The maximum Gasteiger partial charge on any atom is 0.113 e. The lowest BCUT2D eigenvalue weighted by molar-refractivity contribution is 0.596. The second kappa shape index (κ2) is 5.84. The molecule has 3 heteroatoms. The van der Waals surface area contributed by atoms with E-state index in [0.29, 0.717) is 0 Å². The lowest BCUT2D eigenvalue weighted by Crippen LogP contribution is -2.32. The molecule has 0 spiro atoms. The van der Waals surface area contributed by atoms with Crippen LogP contribution >= 0.6 is 0 Å². The summed E-state index contributed by atoms with van der Waals surface area (Å²) in [5.74, 6) is 0. The number of rotatable bonds is 2. The van der Waals surface area contributed by atoms with Crippen molar-refractivity contribution in [3.05, 3.63) is 60.2 Å². The third-order valence-corrected chi connectivity index (χ3v) is 3.64. The molecule has 0 atom stereocenters. The van der Waals surface area contributed by atoms with E-state index in [1.807, 2.05) is 42.5 Å². The third-order valence-electron chi connectivity index (χ3n) is 3.64. The SMILES string of the molecule is [B]c1cccc(/C=C/C2=Nc3ccccc3NC(C)(C)C2)c1. The van der Waals surface area contributed by atoms with Crippen LogP contribution in [0.25, 0.3) is 6.08 Å². The Hall–Kier alpha value is -2.29. The quantitative estimate of drug-likeness (QED) is 0.833. The van der Waals surface area contributed by atoms with Gasteiger partial charge in [-0.25, -0.2) is 0 Å². The minimum absolute atomic E-state index is 0.0362. The molecule has 2 aromatic carbocycles. The smallest absolute Gasteiger partial charge is 0.113 e. The Morgan fingerprint density at radius 3 is 2.73 bits per heavy atom. The Bertz CT molecular complexity index is 745. The van der Waals surface area contributed by atoms with Crippen LogP contribution in [0, 0.1) is 0 Å². The van der Waals surface area contributed by atoms with Gasteiger partial charge in [0.25, 0.3) is 0 Å². The molecule has 2 nitrogen and oxygen atoms in total. The van der Waals surface area contributed by atoms with Crippen molar-refractivity contribution in [3.8, 4) is 0 Å². The van der Waals surface area contributed by atoms with E-state index in [1.165, 1.54) is 0 Å². The van der Waals surface area contributed by atoms with Gasteiger partial charge in [-0.3, -0.25) is 4.99 Å². The molecule has 0 saturated heterocycles. The zero-order valence-electron chi connectivity index (χ0n) is 13.0. The standard InChI is InChI=1S/C19H19BN2/c1-19(2)13-16(11-10-14-6-5-7-15(20)12-14)21-17-8-3-4-9-18(17)22-19/h3-12,22H,13H2,1-2H3/b11-10+. The molecule has 0 bridgehead atoms. The Kier molecular flexibility index (Phi) is 3.89. The van der Waals surface area contributed by atoms with Crippen LogP contribution in [0.3, 0.4) is 0 Å². The molecule has 1 N–H and O–H groups in total. The summed E-state index contributed by atoms with van der Waals surface area (Å²) in [5.41, 5.74) is 4.96. The van der Waals surface area contributed by atoms with Gasteiger partial charge >= 0.3 is 0 Å². The zero-order chi connectivity index (χ0) is 15.6. The first-order valence-corrected chi connectivity index (χ1v) is 7.50. The van der Waals surface area contributed by atoms with Crippen LogP contribution in [0.1, 0.15) is 25.8 Å². The molecule has 3 rings (SSSR count). The number of hydrogen-bond acceptors (Lipinski definition) is 2. The molecular weight excluding hydrogens is 267 g/mol. The molecule has 2 radical (unpaired) electrons. The van der Waals surface area contributed by atoms with E-state index >= 15 is 0 Å². The number of nitrogens with zero attached hydrogens (tertiary/aromatic N) is 1. The summed E-state index contributed by atoms with van der Waals surface area (Å²) in [6.07, 6.45) is 5.01. The number of allylic oxidation sites excluding steroid dienone is 1. The number of para-hydroxylation sites is 2. The van der Waals surface area contributed by atoms with Crippen molar-refractivity contribution in [1.82, 2.24) is 0 Å². The van der Waals surface area contributed by atoms with Gasteiger partial charge in [-0.2, -0.15) is 0 Å². The topological polar surface area (TPSA) is 24.4 Å². The van der Waals surface area contributed by atoms with Crippen LogP contribution in [0.5, 0.6) is 0 Å². The molecule has 0 fully saturated rings. The first-order chi connectivity index (χ1) is 10.5. The van der Waals surface area contributed by atoms with Crippen LogP contribution < -0.4 is 10.8 Å². The highest BCUT2D eigenvalue weighted by Gasteiger charge is 2.23. The lowest BCUT2D eigenvalue weighted by Gasteiger charge is -2.25. The Morgan fingerprint density at radius 2 is 1.91 bits per heavy atom. The molecule has 108 valence electrons. The predicted octanol–water partition coefficient (Wildman–Crippen LogP) is 3.86. The maximum atomic E-state index is 5.82. The van der Waals surface area contributed by atoms with Crippen molar-refractivity contribution in [3.63, 3.8) is 0 Å². The van der Waals surface area contributed by atoms with Crippen LogP contribution in [-0.2, 0) is 0 Å². The van der Waals surface area contributed by atoms with E-state index in [1.54, 1.807) is 0 Å². The van der Waals surface area contributed by atoms with Crippen molar-refractivity contribution in [2.45, 2.75) is 25.8 Å². The zero-order valence-corrected chi connectivity index (χ0v) is 13.0. The van der Waals surface area contributed by atoms with Gasteiger partial charge in [-0.1, -0.05) is 47.9 Å². The van der Waals surface area contributed by atoms with Gasteiger partial charge in [0, 0.05) is 17.7 Å². The molecule has 0 unspecified atom stereocenters. The molecule has 1 aliphatic heterocycles. The first kappa shape index (κ1) is 14.6. The summed E-state index contributed by atoms with van der Waals surface area (Å²) in [4.78, 5) is 4.81. The van der Waals surface area contributed by atoms with Gasteiger partial charge in [0.05, 0.1) is 11.4 Å². The molecule has 0 aromatic heterocycles. The number of benzene rings is 2. The van der Waals surface area contributed by atoms with E-state index in [4.69, 9.17) is 12.8 Å². The van der Waals surface area contributed by atoms with Crippen LogP contribution in [-0.4, -0.2) is 19.1 Å². The van der Waals surface area contributed by atoms with E-state index < -0.39 is 0 Å². The molecular formula is C19H19BN2. The maximum absolute atomic E-state index is 5.82. The number of nitrogens with one attached hydrogen (secondary N) is 1. The van der Waals surface area contributed by atoms with Crippen LogP contribution in [0.2, 0.25) is 0 Å². The van der Waals surface area contributed by atoms with E-state index in [-0.39, 0.29) is 5.54 Å².